The highest BCUT2D eigenvalue weighted by Gasteiger charge is 2.31. The number of piperidine rings is 1. The van der Waals surface area contributed by atoms with Crippen LogP contribution in [-0.2, 0) is 4.79 Å². The summed E-state index contributed by atoms with van der Waals surface area (Å²) in [5.74, 6) is -1.18. The van der Waals surface area contributed by atoms with E-state index in [-0.39, 0.29) is 18.5 Å². The molecule has 1 aromatic heterocycles. The van der Waals surface area contributed by atoms with E-state index in [0.717, 1.165) is 10.6 Å². The lowest BCUT2D eigenvalue weighted by Gasteiger charge is -2.34. The summed E-state index contributed by atoms with van der Waals surface area (Å²) >= 11 is 1.45. The number of rotatable bonds is 3. The lowest BCUT2D eigenvalue weighted by atomic mass is 9.91. The van der Waals surface area contributed by atoms with Crippen LogP contribution in [-0.4, -0.2) is 45.3 Å². The molecule has 1 aliphatic heterocycles. The van der Waals surface area contributed by atoms with Gasteiger partial charge in [0.15, 0.2) is 0 Å². The molecule has 2 atom stereocenters. The van der Waals surface area contributed by atoms with Crippen LogP contribution < -0.4 is 5.32 Å². The Bertz CT molecular complexity index is 717. The van der Waals surface area contributed by atoms with E-state index in [2.05, 4.69) is 15.5 Å². The minimum absolute atomic E-state index is 0.172. The van der Waals surface area contributed by atoms with E-state index in [1.165, 1.54) is 11.3 Å². The van der Waals surface area contributed by atoms with Gasteiger partial charge in [0.25, 0.3) is 0 Å². The standard InChI is InChI=1S/C16H18N4O3S/c1-10-6-12(15(21)22)8-20(7-10)16(23)18-13-4-2-11(3-5-13)14-19-17-9-24-14/h2-5,9-10,12H,6-8H2,1H3,(H,18,23)(H,21,22). The fraction of sp³-hybridized carbons (Fsp3) is 0.375. The number of carboxylic acids is 1. The highest BCUT2D eigenvalue weighted by atomic mass is 32.1. The molecule has 2 heterocycles. The maximum atomic E-state index is 12.4. The number of carbonyl (C=O) groups is 2. The summed E-state index contributed by atoms with van der Waals surface area (Å²) in [6.45, 7) is 2.78. The van der Waals surface area contributed by atoms with Crippen molar-refractivity contribution in [2.75, 3.05) is 18.4 Å². The maximum absolute atomic E-state index is 12.4. The van der Waals surface area contributed by atoms with Gasteiger partial charge in [0.1, 0.15) is 10.5 Å². The third-order valence-electron chi connectivity index (χ3n) is 4.04. The number of carbonyl (C=O) groups excluding carboxylic acids is 1. The van der Waals surface area contributed by atoms with Crippen molar-refractivity contribution in [3.63, 3.8) is 0 Å². The van der Waals surface area contributed by atoms with Crippen LogP contribution in [0, 0.1) is 11.8 Å². The normalized spacial score (nSPS) is 20.6. The Labute approximate surface area is 143 Å². The predicted octanol–water partition coefficient (Wildman–Crippen LogP) is 2.78. The second-order valence-corrected chi connectivity index (χ2v) is 6.87. The Morgan fingerprint density at radius 3 is 2.67 bits per heavy atom. The number of amides is 2. The number of carboxylic acid groups (broad SMARTS) is 1. The van der Waals surface area contributed by atoms with Crippen LogP contribution in [0.1, 0.15) is 13.3 Å². The molecule has 1 aromatic carbocycles. The van der Waals surface area contributed by atoms with Gasteiger partial charge in [0.2, 0.25) is 0 Å². The van der Waals surface area contributed by atoms with Crippen molar-refractivity contribution >= 4 is 29.0 Å². The molecule has 2 amide bonds. The van der Waals surface area contributed by atoms with Crippen molar-refractivity contribution in [2.45, 2.75) is 13.3 Å². The molecule has 3 rings (SSSR count). The number of benzene rings is 1. The minimum Gasteiger partial charge on any atom is -0.481 e. The van der Waals surface area contributed by atoms with E-state index in [0.29, 0.717) is 18.7 Å². The van der Waals surface area contributed by atoms with Crippen molar-refractivity contribution in [2.24, 2.45) is 11.8 Å². The molecule has 2 N–H and O–H groups in total. The summed E-state index contributed by atoms with van der Waals surface area (Å²) in [6.07, 6.45) is 0.607. The molecule has 24 heavy (non-hydrogen) atoms. The summed E-state index contributed by atoms with van der Waals surface area (Å²) in [7, 11) is 0. The van der Waals surface area contributed by atoms with Crippen LogP contribution in [0.25, 0.3) is 10.6 Å². The monoisotopic (exact) mass is 346 g/mol. The van der Waals surface area contributed by atoms with Crippen molar-refractivity contribution in [3.05, 3.63) is 29.8 Å². The first kappa shape index (κ1) is 16.4. The van der Waals surface area contributed by atoms with Crippen LogP contribution in [0.5, 0.6) is 0 Å². The Balaban J connectivity index is 1.65. The van der Waals surface area contributed by atoms with Crippen molar-refractivity contribution < 1.29 is 14.7 Å². The largest absolute Gasteiger partial charge is 0.481 e. The van der Waals surface area contributed by atoms with Gasteiger partial charge in [-0.3, -0.25) is 4.79 Å². The zero-order chi connectivity index (χ0) is 17.1. The van der Waals surface area contributed by atoms with E-state index < -0.39 is 11.9 Å². The highest BCUT2D eigenvalue weighted by Crippen LogP contribution is 2.24. The molecule has 8 heteroatoms. The molecule has 0 radical (unpaired) electrons. The van der Waals surface area contributed by atoms with Gasteiger partial charge < -0.3 is 15.3 Å². The molecule has 1 aliphatic rings. The molecule has 0 aliphatic carbocycles. The van der Waals surface area contributed by atoms with Gasteiger partial charge in [-0.25, -0.2) is 4.79 Å². The molecule has 7 nitrogen and oxygen atoms in total. The zero-order valence-corrected chi connectivity index (χ0v) is 14.0. The molecular formula is C16H18N4O3S. The second-order valence-electron chi connectivity index (χ2n) is 6.03. The van der Waals surface area contributed by atoms with Gasteiger partial charge in [0, 0.05) is 24.3 Å². The zero-order valence-electron chi connectivity index (χ0n) is 13.2. The topological polar surface area (TPSA) is 95.4 Å². The third-order valence-corrected chi connectivity index (χ3v) is 4.78. The van der Waals surface area contributed by atoms with Gasteiger partial charge >= 0.3 is 12.0 Å². The molecular weight excluding hydrogens is 328 g/mol. The first-order valence-electron chi connectivity index (χ1n) is 7.68. The average molecular weight is 346 g/mol. The molecule has 126 valence electrons. The lowest BCUT2D eigenvalue weighted by Crippen LogP contribution is -2.47. The molecule has 0 spiro atoms. The summed E-state index contributed by atoms with van der Waals surface area (Å²) in [5, 5.41) is 20.6. The van der Waals surface area contributed by atoms with E-state index in [4.69, 9.17) is 0 Å². The molecule has 0 saturated carbocycles. The summed E-state index contributed by atoms with van der Waals surface area (Å²) in [5.41, 5.74) is 3.27. The summed E-state index contributed by atoms with van der Waals surface area (Å²) in [6, 6.07) is 7.08. The Morgan fingerprint density at radius 2 is 2.04 bits per heavy atom. The van der Waals surface area contributed by atoms with Crippen LogP contribution in [0.3, 0.4) is 0 Å². The number of aliphatic carboxylic acids is 1. The number of hydrogen-bond acceptors (Lipinski definition) is 5. The van der Waals surface area contributed by atoms with Crippen molar-refractivity contribution in [1.82, 2.24) is 15.1 Å². The lowest BCUT2D eigenvalue weighted by molar-refractivity contribution is -0.143. The Kier molecular flexibility index (Phi) is 4.75. The number of nitrogens with one attached hydrogen (secondary N) is 1. The fourth-order valence-electron chi connectivity index (χ4n) is 2.89. The van der Waals surface area contributed by atoms with Crippen LogP contribution in [0.15, 0.2) is 29.8 Å². The SMILES string of the molecule is CC1CC(C(=O)O)CN(C(=O)Nc2ccc(-c3nncs3)cc2)C1. The molecule has 2 aromatic rings. The van der Waals surface area contributed by atoms with Gasteiger partial charge in [-0.05, 0) is 36.6 Å². The average Bonchev–Trinajstić information content (AvgIpc) is 3.09. The van der Waals surface area contributed by atoms with Crippen molar-refractivity contribution in [3.8, 4) is 10.6 Å². The van der Waals surface area contributed by atoms with Gasteiger partial charge in [-0.1, -0.05) is 18.3 Å². The van der Waals surface area contributed by atoms with Crippen LogP contribution in [0.2, 0.25) is 0 Å². The number of urea groups is 1. The minimum atomic E-state index is -0.847. The third kappa shape index (κ3) is 3.70. The van der Waals surface area contributed by atoms with E-state index in [1.807, 2.05) is 19.1 Å². The Hall–Kier alpha value is -2.48. The number of nitrogens with zero attached hydrogens (tertiary/aromatic N) is 3. The number of likely N-dealkylation sites (tertiary alicyclic amines) is 1. The van der Waals surface area contributed by atoms with Crippen molar-refractivity contribution in [1.29, 1.82) is 0 Å². The Morgan fingerprint density at radius 1 is 1.29 bits per heavy atom. The highest BCUT2D eigenvalue weighted by molar-refractivity contribution is 7.12. The summed E-state index contributed by atoms with van der Waals surface area (Å²) in [4.78, 5) is 25.2. The number of anilines is 1. The van der Waals surface area contributed by atoms with E-state index in [9.17, 15) is 14.7 Å². The van der Waals surface area contributed by atoms with Gasteiger partial charge in [-0.15, -0.1) is 10.2 Å². The van der Waals surface area contributed by atoms with Gasteiger partial charge in [0.05, 0.1) is 5.92 Å². The van der Waals surface area contributed by atoms with Crippen LogP contribution >= 0.6 is 11.3 Å². The fourth-order valence-corrected chi connectivity index (χ4v) is 3.45. The van der Waals surface area contributed by atoms with Crippen LogP contribution in [0.4, 0.5) is 10.5 Å². The first-order chi connectivity index (χ1) is 11.5. The van der Waals surface area contributed by atoms with E-state index in [1.54, 1.807) is 22.5 Å². The first-order valence-corrected chi connectivity index (χ1v) is 8.56. The molecule has 2 unspecified atom stereocenters. The predicted molar refractivity (Wildman–Crippen MR) is 90.8 cm³/mol. The molecule has 1 saturated heterocycles. The number of aromatic nitrogens is 2. The summed E-state index contributed by atoms with van der Waals surface area (Å²) < 4.78 is 0. The number of hydrogen-bond donors (Lipinski definition) is 2. The van der Waals surface area contributed by atoms with E-state index >= 15 is 0 Å². The maximum Gasteiger partial charge on any atom is 0.321 e. The smallest absolute Gasteiger partial charge is 0.321 e. The second kappa shape index (κ2) is 6.96. The molecule has 0 bridgehead atoms. The van der Waals surface area contributed by atoms with Gasteiger partial charge in [-0.2, -0.15) is 0 Å². The molecule has 1 fully saturated rings. The quantitative estimate of drug-likeness (QED) is 0.891.